The van der Waals surface area contributed by atoms with Gasteiger partial charge in [-0.3, -0.25) is 0 Å². The molecule has 62 valence electrons. The predicted molar refractivity (Wildman–Crippen MR) is 44.0 cm³/mol. The summed E-state index contributed by atoms with van der Waals surface area (Å²) in [5, 5.41) is 0. The zero-order valence-corrected chi connectivity index (χ0v) is 6.45. The van der Waals surface area contributed by atoms with Crippen LogP contribution in [-0.2, 0) is 9.53 Å². The lowest BCUT2D eigenvalue weighted by atomic mass is 10.3. The van der Waals surface area contributed by atoms with Crippen LogP contribution in [0.25, 0.3) is 5.76 Å². The Hall–Kier alpha value is -1.77. The standard InChI is InChI=1S/C9H8O3/c1-3-9(10)12-7(2)8-4-5-11-6-8/h3-6H,1-2H2. The van der Waals surface area contributed by atoms with Gasteiger partial charge in [-0.2, -0.15) is 0 Å². The molecule has 1 aromatic rings. The Bertz CT molecular complexity index is 296. The molecule has 1 aromatic heterocycles. The van der Waals surface area contributed by atoms with E-state index in [9.17, 15) is 4.79 Å². The number of hydrogen-bond donors (Lipinski definition) is 0. The summed E-state index contributed by atoms with van der Waals surface area (Å²) in [6.07, 6.45) is 3.99. The maximum absolute atomic E-state index is 10.7. The Kier molecular flexibility index (Phi) is 2.48. The van der Waals surface area contributed by atoms with E-state index in [0.717, 1.165) is 6.08 Å². The summed E-state index contributed by atoms with van der Waals surface area (Å²) in [5.74, 6) is -0.269. The van der Waals surface area contributed by atoms with Crippen molar-refractivity contribution >= 4 is 11.7 Å². The zero-order valence-electron chi connectivity index (χ0n) is 6.45. The van der Waals surface area contributed by atoms with E-state index < -0.39 is 5.97 Å². The molecule has 0 aliphatic carbocycles. The summed E-state index contributed by atoms with van der Waals surface area (Å²) < 4.78 is 9.51. The summed E-state index contributed by atoms with van der Waals surface area (Å²) in [6.45, 7) is 6.79. The number of hydrogen-bond acceptors (Lipinski definition) is 3. The van der Waals surface area contributed by atoms with Crippen LogP contribution in [0, 0.1) is 0 Å². The Balaban J connectivity index is 2.62. The number of carbonyl (C=O) groups excluding carboxylic acids is 1. The number of carbonyl (C=O) groups is 1. The smallest absolute Gasteiger partial charge is 0.335 e. The lowest BCUT2D eigenvalue weighted by Gasteiger charge is -2.00. The van der Waals surface area contributed by atoms with Crippen LogP contribution < -0.4 is 0 Å². The average Bonchev–Trinajstić information content (AvgIpc) is 2.56. The van der Waals surface area contributed by atoms with Gasteiger partial charge in [-0.15, -0.1) is 0 Å². The summed E-state index contributed by atoms with van der Waals surface area (Å²) >= 11 is 0. The first-order valence-electron chi connectivity index (χ1n) is 3.29. The van der Waals surface area contributed by atoms with Crippen LogP contribution in [0.4, 0.5) is 0 Å². The van der Waals surface area contributed by atoms with Crippen LogP contribution in [0.5, 0.6) is 0 Å². The van der Waals surface area contributed by atoms with Crippen molar-refractivity contribution in [3.63, 3.8) is 0 Å². The fourth-order valence-electron chi connectivity index (χ4n) is 0.645. The van der Waals surface area contributed by atoms with Crippen molar-refractivity contribution in [2.24, 2.45) is 0 Å². The zero-order chi connectivity index (χ0) is 8.97. The van der Waals surface area contributed by atoms with Crippen LogP contribution in [0.1, 0.15) is 5.56 Å². The summed E-state index contributed by atoms with van der Waals surface area (Å²) in [7, 11) is 0. The third-order valence-corrected chi connectivity index (χ3v) is 1.23. The molecule has 0 saturated carbocycles. The van der Waals surface area contributed by atoms with Crippen LogP contribution in [0.2, 0.25) is 0 Å². The second-order valence-electron chi connectivity index (χ2n) is 2.06. The Morgan fingerprint density at radius 2 is 2.42 bits per heavy atom. The van der Waals surface area contributed by atoms with Crippen LogP contribution in [0.15, 0.2) is 42.2 Å². The monoisotopic (exact) mass is 164 g/mol. The van der Waals surface area contributed by atoms with Crippen molar-refractivity contribution in [2.75, 3.05) is 0 Å². The first-order chi connectivity index (χ1) is 5.74. The van der Waals surface area contributed by atoms with Gasteiger partial charge in [0.2, 0.25) is 0 Å². The van der Waals surface area contributed by atoms with Crippen molar-refractivity contribution < 1.29 is 13.9 Å². The van der Waals surface area contributed by atoms with E-state index in [0.29, 0.717) is 5.56 Å². The minimum atomic E-state index is -0.527. The number of furan rings is 1. The van der Waals surface area contributed by atoms with E-state index in [1.807, 2.05) is 0 Å². The van der Waals surface area contributed by atoms with Crippen molar-refractivity contribution in [1.29, 1.82) is 0 Å². The molecular formula is C9H8O3. The first kappa shape index (κ1) is 8.33. The fraction of sp³-hybridized carbons (Fsp3) is 0. The van der Waals surface area contributed by atoms with Gasteiger partial charge < -0.3 is 9.15 Å². The van der Waals surface area contributed by atoms with E-state index in [-0.39, 0.29) is 5.76 Å². The molecule has 0 aromatic carbocycles. The largest absolute Gasteiger partial charge is 0.472 e. The molecule has 0 N–H and O–H groups in total. The van der Waals surface area contributed by atoms with Crippen molar-refractivity contribution in [2.45, 2.75) is 0 Å². The first-order valence-corrected chi connectivity index (χ1v) is 3.29. The van der Waals surface area contributed by atoms with Crippen LogP contribution in [0.3, 0.4) is 0 Å². The van der Waals surface area contributed by atoms with Gasteiger partial charge in [0.25, 0.3) is 0 Å². The highest BCUT2D eigenvalue weighted by atomic mass is 16.5. The molecule has 0 bridgehead atoms. The third-order valence-electron chi connectivity index (χ3n) is 1.23. The molecule has 0 spiro atoms. The van der Waals surface area contributed by atoms with Crippen molar-refractivity contribution in [1.82, 2.24) is 0 Å². The summed E-state index contributed by atoms with van der Waals surface area (Å²) in [4.78, 5) is 10.7. The molecule has 0 radical (unpaired) electrons. The molecule has 1 rings (SSSR count). The third kappa shape index (κ3) is 1.85. The van der Waals surface area contributed by atoms with Gasteiger partial charge in [0.1, 0.15) is 12.0 Å². The van der Waals surface area contributed by atoms with Gasteiger partial charge >= 0.3 is 5.97 Å². The number of rotatable bonds is 3. The Morgan fingerprint density at radius 3 is 2.92 bits per heavy atom. The van der Waals surface area contributed by atoms with Gasteiger partial charge in [0.05, 0.1) is 11.8 Å². The molecule has 0 aliphatic heterocycles. The van der Waals surface area contributed by atoms with Gasteiger partial charge in [0.15, 0.2) is 0 Å². The van der Waals surface area contributed by atoms with Crippen LogP contribution >= 0.6 is 0 Å². The molecule has 0 amide bonds. The van der Waals surface area contributed by atoms with Crippen molar-refractivity contribution in [3.05, 3.63) is 43.4 Å². The molecule has 1 heterocycles. The van der Waals surface area contributed by atoms with Gasteiger partial charge in [-0.05, 0) is 6.07 Å². The minimum absolute atomic E-state index is 0.258. The lowest BCUT2D eigenvalue weighted by molar-refractivity contribution is -0.131. The molecule has 0 aliphatic rings. The van der Waals surface area contributed by atoms with E-state index in [1.165, 1.54) is 12.5 Å². The van der Waals surface area contributed by atoms with Crippen molar-refractivity contribution in [3.8, 4) is 0 Å². The van der Waals surface area contributed by atoms with Crippen LogP contribution in [-0.4, -0.2) is 5.97 Å². The Morgan fingerprint density at radius 1 is 1.67 bits per heavy atom. The van der Waals surface area contributed by atoms with Gasteiger partial charge in [0, 0.05) is 6.08 Å². The lowest BCUT2D eigenvalue weighted by Crippen LogP contribution is -1.97. The van der Waals surface area contributed by atoms with E-state index in [4.69, 9.17) is 9.15 Å². The average molecular weight is 164 g/mol. The predicted octanol–water partition coefficient (Wildman–Crippen LogP) is 1.98. The number of esters is 1. The van der Waals surface area contributed by atoms with E-state index in [2.05, 4.69) is 13.2 Å². The Labute approximate surface area is 69.9 Å². The quantitative estimate of drug-likeness (QED) is 0.389. The highest BCUT2D eigenvalue weighted by molar-refractivity contribution is 5.86. The molecule has 0 saturated heterocycles. The highest BCUT2D eigenvalue weighted by Crippen LogP contribution is 2.13. The second kappa shape index (κ2) is 3.57. The van der Waals surface area contributed by atoms with E-state index >= 15 is 0 Å². The summed E-state index contributed by atoms with van der Waals surface area (Å²) in [5.41, 5.74) is 0.644. The normalized spacial score (nSPS) is 9.00. The maximum Gasteiger partial charge on any atom is 0.335 e. The van der Waals surface area contributed by atoms with Gasteiger partial charge in [-0.25, -0.2) is 4.79 Å². The fourth-order valence-corrected chi connectivity index (χ4v) is 0.645. The van der Waals surface area contributed by atoms with Gasteiger partial charge in [-0.1, -0.05) is 13.2 Å². The maximum atomic E-state index is 10.7. The molecule has 12 heavy (non-hydrogen) atoms. The molecule has 0 atom stereocenters. The molecule has 3 heteroatoms. The van der Waals surface area contributed by atoms with E-state index in [1.54, 1.807) is 6.07 Å². The number of ether oxygens (including phenoxy) is 1. The summed E-state index contributed by atoms with van der Waals surface area (Å²) in [6, 6.07) is 1.65. The molecular weight excluding hydrogens is 156 g/mol. The molecule has 3 nitrogen and oxygen atoms in total. The second-order valence-corrected chi connectivity index (χ2v) is 2.06. The molecule has 0 fully saturated rings. The minimum Gasteiger partial charge on any atom is -0.472 e. The SMILES string of the molecule is C=CC(=O)OC(=C)c1ccoc1. The molecule has 0 unspecified atom stereocenters. The highest BCUT2D eigenvalue weighted by Gasteiger charge is 2.04. The topological polar surface area (TPSA) is 39.4 Å².